The first-order chi connectivity index (χ1) is 13.0. The Morgan fingerprint density at radius 1 is 1.11 bits per heavy atom. The Morgan fingerprint density at radius 3 is 2.52 bits per heavy atom. The highest BCUT2D eigenvalue weighted by Crippen LogP contribution is 2.33. The number of rotatable bonds is 4. The number of fused-ring (bicyclic) bond motifs is 1. The van der Waals surface area contributed by atoms with Gasteiger partial charge in [-0.15, -0.1) is 0 Å². The second-order valence-corrected chi connectivity index (χ2v) is 7.99. The third-order valence-electron chi connectivity index (χ3n) is 4.34. The van der Waals surface area contributed by atoms with Crippen LogP contribution in [-0.2, 0) is 0 Å². The van der Waals surface area contributed by atoms with Gasteiger partial charge in [-0.05, 0) is 37.1 Å². The lowest BCUT2D eigenvalue weighted by Crippen LogP contribution is -2.19. The van der Waals surface area contributed by atoms with E-state index in [9.17, 15) is 4.79 Å². The summed E-state index contributed by atoms with van der Waals surface area (Å²) in [6, 6.07) is 17.6. The highest BCUT2D eigenvalue weighted by Gasteiger charge is 2.17. The molecule has 0 spiro atoms. The molecular weight excluding hydrogens is 380 g/mol. The molecule has 2 aromatic heterocycles. The molecule has 7 heteroatoms. The van der Waals surface area contributed by atoms with Crippen molar-refractivity contribution in [3.8, 4) is 11.1 Å². The molecule has 0 amide bonds. The van der Waals surface area contributed by atoms with Gasteiger partial charge in [0.1, 0.15) is 0 Å². The van der Waals surface area contributed by atoms with E-state index in [4.69, 9.17) is 16.6 Å². The lowest BCUT2D eigenvalue weighted by Gasteiger charge is -2.10. The smallest absolute Gasteiger partial charge is 0.285 e. The number of H-pyrrole nitrogens is 1. The molecule has 4 aromatic rings. The maximum absolute atomic E-state index is 12.5. The predicted molar refractivity (Wildman–Crippen MR) is 110 cm³/mol. The van der Waals surface area contributed by atoms with E-state index in [1.54, 1.807) is 0 Å². The summed E-state index contributed by atoms with van der Waals surface area (Å²) in [6.07, 6.45) is 0. The summed E-state index contributed by atoms with van der Waals surface area (Å²) >= 11 is 7.51. The van der Waals surface area contributed by atoms with E-state index in [1.807, 2.05) is 49.4 Å². The number of nitrogens with one attached hydrogen (secondary N) is 1. The molecule has 1 N–H and O–H groups in total. The topological polar surface area (TPSA) is 63.1 Å². The van der Waals surface area contributed by atoms with E-state index in [0.717, 1.165) is 16.8 Å². The maximum Gasteiger partial charge on any atom is 0.350 e. The quantitative estimate of drug-likeness (QED) is 0.498. The number of nitrogens with zero attached hydrogens (tertiary/aromatic N) is 3. The van der Waals surface area contributed by atoms with Gasteiger partial charge in [0.25, 0.3) is 0 Å². The standard InChI is InChI=1S/C20H17ClN4OS/c1-12-17(15-8-10-16(21)11-9-15)18-22-19(23-20(26)25(18)24-12)27-13(2)14-6-4-3-5-7-14/h3-11,13H,1-2H3,(H,22,23,26). The van der Waals surface area contributed by atoms with E-state index in [-0.39, 0.29) is 10.9 Å². The average molecular weight is 397 g/mol. The molecule has 2 aromatic carbocycles. The summed E-state index contributed by atoms with van der Waals surface area (Å²) in [5.41, 5.74) is 3.93. The van der Waals surface area contributed by atoms with Crippen LogP contribution in [0, 0.1) is 6.92 Å². The predicted octanol–water partition coefficient (Wildman–Crippen LogP) is 4.90. The Morgan fingerprint density at radius 2 is 1.81 bits per heavy atom. The van der Waals surface area contributed by atoms with Crippen molar-refractivity contribution >= 4 is 29.0 Å². The van der Waals surface area contributed by atoms with Crippen LogP contribution in [0.2, 0.25) is 5.02 Å². The van der Waals surface area contributed by atoms with Gasteiger partial charge in [0.05, 0.1) is 5.69 Å². The normalized spacial score (nSPS) is 12.4. The van der Waals surface area contributed by atoms with Crippen molar-refractivity contribution < 1.29 is 0 Å². The molecule has 5 nitrogen and oxygen atoms in total. The van der Waals surface area contributed by atoms with E-state index in [2.05, 4.69) is 29.1 Å². The lowest BCUT2D eigenvalue weighted by atomic mass is 10.1. The summed E-state index contributed by atoms with van der Waals surface area (Å²) in [6.45, 7) is 3.96. The fourth-order valence-corrected chi connectivity index (χ4v) is 4.04. The lowest BCUT2D eigenvalue weighted by molar-refractivity contribution is 0.778. The molecule has 27 heavy (non-hydrogen) atoms. The molecule has 136 valence electrons. The Kier molecular flexibility index (Phi) is 4.76. The van der Waals surface area contributed by atoms with Crippen LogP contribution in [0.15, 0.2) is 64.5 Å². The molecule has 0 bridgehead atoms. The van der Waals surface area contributed by atoms with E-state index >= 15 is 0 Å². The molecule has 0 radical (unpaired) electrons. The number of aromatic amines is 1. The van der Waals surface area contributed by atoms with Gasteiger partial charge in [0, 0.05) is 15.8 Å². The van der Waals surface area contributed by atoms with Crippen molar-refractivity contribution in [2.75, 3.05) is 0 Å². The van der Waals surface area contributed by atoms with E-state index in [0.29, 0.717) is 15.8 Å². The van der Waals surface area contributed by atoms with Gasteiger partial charge >= 0.3 is 5.69 Å². The molecular formula is C20H17ClN4OS. The zero-order chi connectivity index (χ0) is 19.0. The molecule has 2 heterocycles. The molecule has 0 aliphatic carbocycles. The molecule has 1 atom stereocenters. The van der Waals surface area contributed by atoms with Crippen molar-refractivity contribution in [1.82, 2.24) is 19.6 Å². The molecule has 0 saturated carbocycles. The van der Waals surface area contributed by atoms with E-state index < -0.39 is 0 Å². The third kappa shape index (κ3) is 3.50. The van der Waals surface area contributed by atoms with Gasteiger partial charge in [-0.25, -0.2) is 9.78 Å². The number of hydrogen-bond acceptors (Lipinski definition) is 4. The molecule has 1 unspecified atom stereocenters. The van der Waals surface area contributed by atoms with Gasteiger partial charge in [-0.1, -0.05) is 65.8 Å². The summed E-state index contributed by atoms with van der Waals surface area (Å²) in [5.74, 6) is 0. The van der Waals surface area contributed by atoms with Gasteiger partial charge in [-0.3, -0.25) is 4.98 Å². The van der Waals surface area contributed by atoms with Crippen LogP contribution in [-0.4, -0.2) is 19.6 Å². The van der Waals surface area contributed by atoms with Crippen molar-refractivity contribution in [1.29, 1.82) is 0 Å². The highest BCUT2D eigenvalue weighted by molar-refractivity contribution is 7.99. The minimum absolute atomic E-state index is 0.153. The van der Waals surface area contributed by atoms with Crippen molar-refractivity contribution in [2.24, 2.45) is 0 Å². The van der Waals surface area contributed by atoms with Crippen molar-refractivity contribution in [3.63, 3.8) is 0 Å². The van der Waals surface area contributed by atoms with Gasteiger partial charge < -0.3 is 0 Å². The number of aromatic nitrogens is 4. The molecule has 4 rings (SSSR count). The second-order valence-electron chi connectivity index (χ2n) is 6.22. The summed E-state index contributed by atoms with van der Waals surface area (Å²) < 4.78 is 1.32. The Balaban J connectivity index is 1.79. The van der Waals surface area contributed by atoms with E-state index in [1.165, 1.54) is 21.8 Å². The Labute approximate surface area is 165 Å². The first kappa shape index (κ1) is 17.8. The van der Waals surface area contributed by atoms with Crippen LogP contribution in [0.5, 0.6) is 0 Å². The fourth-order valence-electron chi connectivity index (χ4n) is 3.00. The number of thioether (sulfide) groups is 1. The van der Waals surface area contributed by atoms with Crippen LogP contribution in [0.4, 0.5) is 0 Å². The van der Waals surface area contributed by atoms with Gasteiger partial charge in [0.2, 0.25) is 0 Å². The summed E-state index contributed by atoms with van der Waals surface area (Å²) in [4.78, 5) is 20.1. The number of halogens is 1. The fraction of sp³-hybridized carbons (Fsp3) is 0.150. The number of hydrogen-bond donors (Lipinski definition) is 1. The van der Waals surface area contributed by atoms with Crippen LogP contribution < -0.4 is 5.69 Å². The monoisotopic (exact) mass is 396 g/mol. The minimum atomic E-state index is -0.300. The second kappa shape index (κ2) is 7.21. The molecule has 0 saturated heterocycles. The van der Waals surface area contributed by atoms with Crippen LogP contribution in [0.1, 0.15) is 23.4 Å². The zero-order valence-electron chi connectivity index (χ0n) is 14.8. The van der Waals surface area contributed by atoms with Gasteiger partial charge in [-0.2, -0.15) is 9.61 Å². The van der Waals surface area contributed by atoms with Crippen LogP contribution in [0.3, 0.4) is 0 Å². The average Bonchev–Trinajstić information content (AvgIpc) is 3.00. The third-order valence-corrected chi connectivity index (χ3v) is 5.63. The summed E-state index contributed by atoms with van der Waals surface area (Å²) in [7, 11) is 0. The first-order valence-electron chi connectivity index (χ1n) is 8.50. The largest absolute Gasteiger partial charge is 0.350 e. The Hall–Kier alpha value is -2.57. The molecule has 0 fully saturated rings. The SMILES string of the molecule is Cc1nn2c(=O)[nH]c(SC(C)c3ccccc3)nc2c1-c1ccc(Cl)cc1. The van der Waals surface area contributed by atoms with Crippen molar-refractivity contribution in [3.05, 3.63) is 81.4 Å². The van der Waals surface area contributed by atoms with Crippen LogP contribution in [0.25, 0.3) is 16.8 Å². The first-order valence-corrected chi connectivity index (χ1v) is 9.76. The molecule has 0 aliphatic heterocycles. The Bertz CT molecular complexity index is 1150. The zero-order valence-corrected chi connectivity index (χ0v) is 16.4. The molecule has 0 aliphatic rings. The highest BCUT2D eigenvalue weighted by atomic mass is 35.5. The maximum atomic E-state index is 12.5. The minimum Gasteiger partial charge on any atom is -0.285 e. The number of benzene rings is 2. The van der Waals surface area contributed by atoms with Crippen molar-refractivity contribution in [2.45, 2.75) is 24.3 Å². The van der Waals surface area contributed by atoms with Crippen LogP contribution >= 0.6 is 23.4 Å². The summed E-state index contributed by atoms with van der Waals surface area (Å²) in [5, 5.41) is 5.74. The number of aryl methyl sites for hydroxylation is 1. The van der Waals surface area contributed by atoms with Gasteiger partial charge in [0.15, 0.2) is 10.8 Å².